The van der Waals surface area contributed by atoms with Crippen molar-refractivity contribution in [2.75, 3.05) is 82.9 Å². The topological polar surface area (TPSA) is 48.0 Å². The molecule has 2 fully saturated rings. The standard InChI is InChI=1S/C20H36N6O/c1-5-27-15-14-24-10-12-25(13-11-24)18-6-8-26(9-7-18)19-16-17(2)21-20(22-19)23(3)4/h16,18H,5-15H2,1-4H3. The van der Waals surface area contributed by atoms with Crippen molar-refractivity contribution in [3.63, 3.8) is 0 Å². The van der Waals surface area contributed by atoms with E-state index in [1.54, 1.807) is 0 Å². The fourth-order valence-electron chi connectivity index (χ4n) is 4.05. The zero-order chi connectivity index (χ0) is 19.2. The molecule has 0 atom stereocenters. The second-order valence-corrected chi connectivity index (χ2v) is 7.85. The average Bonchev–Trinajstić information content (AvgIpc) is 2.68. The predicted octanol–water partition coefficient (Wildman–Crippen LogP) is 1.47. The van der Waals surface area contributed by atoms with Crippen LogP contribution in [0.4, 0.5) is 11.8 Å². The SMILES string of the molecule is CCOCCN1CCN(C2CCN(c3cc(C)nc(N(C)C)n3)CC2)CC1. The lowest BCUT2D eigenvalue weighted by molar-refractivity contribution is 0.0587. The second kappa shape index (κ2) is 9.66. The first-order valence-electron chi connectivity index (χ1n) is 10.4. The highest BCUT2D eigenvalue weighted by atomic mass is 16.5. The van der Waals surface area contributed by atoms with Crippen molar-refractivity contribution in [1.82, 2.24) is 19.8 Å². The summed E-state index contributed by atoms with van der Waals surface area (Å²) in [7, 11) is 4.00. The Morgan fingerprint density at radius 2 is 1.78 bits per heavy atom. The van der Waals surface area contributed by atoms with Gasteiger partial charge >= 0.3 is 0 Å². The molecule has 0 bridgehead atoms. The van der Waals surface area contributed by atoms with Gasteiger partial charge < -0.3 is 14.5 Å². The number of hydrogen-bond donors (Lipinski definition) is 0. The van der Waals surface area contributed by atoms with Crippen LogP contribution in [0.3, 0.4) is 0 Å². The Bertz CT molecular complexity index is 580. The lowest BCUT2D eigenvalue weighted by Gasteiger charge is -2.43. The highest BCUT2D eigenvalue weighted by Crippen LogP contribution is 2.23. The van der Waals surface area contributed by atoms with E-state index < -0.39 is 0 Å². The van der Waals surface area contributed by atoms with Gasteiger partial charge in [-0.05, 0) is 26.7 Å². The Hall–Kier alpha value is -1.44. The second-order valence-electron chi connectivity index (χ2n) is 7.85. The third-order valence-corrected chi connectivity index (χ3v) is 5.70. The Morgan fingerprint density at radius 1 is 1.07 bits per heavy atom. The highest BCUT2D eigenvalue weighted by Gasteiger charge is 2.28. The Labute approximate surface area is 164 Å². The van der Waals surface area contributed by atoms with Gasteiger partial charge in [0.1, 0.15) is 5.82 Å². The van der Waals surface area contributed by atoms with Gasteiger partial charge in [-0.1, -0.05) is 0 Å². The zero-order valence-electron chi connectivity index (χ0n) is 17.5. The summed E-state index contributed by atoms with van der Waals surface area (Å²) in [5, 5.41) is 0. The lowest BCUT2D eigenvalue weighted by Crippen LogP contribution is -2.53. The van der Waals surface area contributed by atoms with Crippen LogP contribution in [0, 0.1) is 6.92 Å². The molecule has 0 radical (unpaired) electrons. The average molecular weight is 377 g/mol. The number of piperazine rings is 1. The quantitative estimate of drug-likeness (QED) is 0.668. The van der Waals surface area contributed by atoms with Gasteiger partial charge in [-0.3, -0.25) is 9.80 Å². The molecule has 7 heteroatoms. The fourth-order valence-corrected chi connectivity index (χ4v) is 4.05. The number of anilines is 2. The number of hydrogen-bond acceptors (Lipinski definition) is 7. The molecule has 2 aliphatic heterocycles. The fraction of sp³-hybridized carbons (Fsp3) is 0.800. The molecule has 3 heterocycles. The van der Waals surface area contributed by atoms with E-state index in [0.29, 0.717) is 6.04 Å². The van der Waals surface area contributed by atoms with Crippen LogP contribution in [0.1, 0.15) is 25.5 Å². The van der Waals surface area contributed by atoms with Crippen LogP contribution in [0.2, 0.25) is 0 Å². The summed E-state index contributed by atoms with van der Waals surface area (Å²) in [6, 6.07) is 2.83. The number of nitrogens with zero attached hydrogens (tertiary/aromatic N) is 6. The molecule has 1 aromatic heterocycles. The van der Waals surface area contributed by atoms with E-state index in [1.165, 1.54) is 39.0 Å². The van der Waals surface area contributed by atoms with Crippen molar-refractivity contribution in [1.29, 1.82) is 0 Å². The van der Waals surface area contributed by atoms with Crippen molar-refractivity contribution in [3.8, 4) is 0 Å². The number of aryl methyl sites for hydroxylation is 1. The first-order chi connectivity index (χ1) is 13.1. The van der Waals surface area contributed by atoms with Crippen LogP contribution in [0.15, 0.2) is 6.07 Å². The molecule has 7 nitrogen and oxygen atoms in total. The summed E-state index contributed by atoms with van der Waals surface area (Å²) < 4.78 is 5.49. The summed E-state index contributed by atoms with van der Waals surface area (Å²) in [6.07, 6.45) is 2.44. The predicted molar refractivity (Wildman–Crippen MR) is 111 cm³/mol. The van der Waals surface area contributed by atoms with Crippen molar-refractivity contribution in [3.05, 3.63) is 11.8 Å². The minimum absolute atomic E-state index is 0.714. The van der Waals surface area contributed by atoms with Gasteiger partial charge in [-0.25, -0.2) is 4.98 Å². The van der Waals surface area contributed by atoms with Crippen LogP contribution in [-0.4, -0.2) is 98.9 Å². The maximum absolute atomic E-state index is 5.49. The van der Waals surface area contributed by atoms with Crippen LogP contribution in [0.5, 0.6) is 0 Å². The van der Waals surface area contributed by atoms with E-state index in [2.05, 4.69) is 39.6 Å². The minimum Gasteiger partial charge on any atom is -0.380 e. The minimum atomic E-state index is 0.714. The van der Waals surface area contributed by atoms with Crippen molar-refractivity contribution < 1.29 is 4.74 Å². The molecule has 27 heavy (non-hydrogen) atoms. The van der Waals surface area contributed by atoms with E-state index in [-0.39, 0.29) is 0 Å². The Kier molecular flexibility index (Phi) is 7.26. The third-order valence-electron chi connectivity index (χ3n) is 5.70. The molecular weight excluding hydrogens is 340 g/mol. The van der Waals surface area contributed by atoms with Gasteiger partial charge in [0.2, 0.25) is 5.95 Å². The molecule has 152 valence electrons. The Morgan fingerprint density at radius 3 is 2.41 bits per heavy atom. The zero-order valence-corrected chi connectivity index (χ0v) is 17.5. The summed E-state index contributed by atoms with van der Waals surface area (Å²) in [4.78, 5) is 18.9. The van der Waals surface area contributed by atoms with Crippen LogP contribution < -0.4 is 9.80 Å². The monoisotopic (exact) mass is 376 g/mol. The molecule has 1 aromatic rings. The van der Waals surface area contributed by atoms with Crippen molar-refractivity contribution >= 4 is 11.8 Å². The smallest absolute Gasteiger partial charge is 0.226 e. The van der Waals surface area contributed by atoms with Crippen LogP contribution in [0.25, 0.3) is 0 Å². The van der Waals surface area contributed by atoms with Gasteiger partial charge in [-0.2, -0.15) is 4.98 Å². The lowest BCUT2D eigenvalue weighted by atomic mass is 10.0. The maximum atomic E-state index is 5.49. The molecule has 0 aliphatic carbocycles. The molecular formula is C20H36N6O. The Balaban J connectivity index is 1.47. The number of rotatable bonds is 7. The van der Waals surface area contributed by atoms with Crippen LogP contribution >= 0.6 is 0 Å². The molecule has 0 N–H and O–H groups in total. The highest BCUT2D eigenvalue weighted by molar-refractivity contribution is 5.45. The molecule has 2 aliphatic rings. The van der Waals surface area contributed by atoms with Gasteiger partial charge in [0.15, 0.2) is 0 Å². The van der Waals surface area contributed by atoms with E-state index >= 15 is 0 Å². The molecule has 3 rings (SSSR count). The number of ether oxygens (including phenoxy) is 1. The summed E-state index contributed by atoms with van der Waals surface area (Å²) in [5.74, 6) is 1.88. The molecule has 0 aromatic carbocycles. The normalized spacial score (nSPS) is 20.2. The molecule has 0 unspecified atom stereocenters. The first kappa shape index (κ1) is 20.3. The number of aromatic nitrogens is 2. The van der Waals surface area contributed by atoms with Gasteiger partial charge in [0.25, 0.3) is 0 Å². The largest absolute Gasteiger partial charge is 0.380 e. The third kappa shape index (κ3) is 5.53. The van der Waals surface area contributed by atoms with E-state index in [1.807, 2.05) is 19.0 Å². The number of piperidine rings is 1. The maximum Gasteiger partial charge on any atom is 0.226 e. The molecule has 0 saturated carbocycles. The summed E-state index contributed by atoms with van der Waals surface area (Å²) in [5.41, 5.74) is 1.04. The summed E-state index contributed by atoms with van der Waals surface area (Å²) in [6.45, 7) is 13.8. The first-order valence-corrected chi connectivity index (χ1v) is 10.4. The van der Waals surface area contributed by atoms with Gasteiger partial charge in [0, 0.05) is 84.3 Å². The van der Waals surface area contributed by atoms with E-state index in [0.717, 1.165) is 50.3 Å². The van der Waals surface area contributed by atoms with E-state index in [4.69, 9.17) is 9.72 Å². The molecule has 0 amide bonds. The molecule has 0 spiro atoms. The van der Waals surface area contributed by atoms with E-state index in [9.17, 15) is 0 Å². The van der Waals surface area contributed by atoms with Crippen molar-refractivity contribution in [2.45, 2.75) is 32.7 Å². The summed E-state index contributed by atoms with van der Waals surface area (Å²) >= 11 is 0. The van der Waals surface area contributed by atoms with Gasteiger partial charge in [0.05, 0.1) is 6.61 Å². The van der Waals surface area contributed by atoms with Crippen LogP contribution in [-0.2, 0) is 4.74 Å². The van der Waals surface area contributed by atoms with Gasteiger partial charge in [-0.15, -0.1) is 0 Å². The molecule has 2 saturated heterocycles. The van der Waals surface area contributed by atoms with Crippen molar-refractivity contribution in [2.24, 2.45) is 0 Å².